The van der Waals surface area contributed by atoms with Crippen LogP contribution in [0.5, 0.6) is 0 Å². The molecule has 0 fully saturated rings. The summed E-state index contributed by atoms with van der Waals surface area (Å²) in [5, 5.41) is 0. The molecular weight excluding hydrogens is 248 g/mol. The summed E-state index contributed by atoms with van der Waals surface area (Å²) in [6, 6.07) is 13.8. The number of carbonyl (C=O) groups excluding carboxylic acids is 1. The zero-order valence-corrected chi connectivity index (χ0v) is 12.0. The number of rotatable bonds is 5. The van der Waals surface area contributed by atoms with Crippen molar-refractivity contribution in [2.24, 2.45) is 0 Å². The Labute approximate surface area is 120 Å². The molecule has 0 bridgehead atoms. The quantitative estimate of drug-likeness (QED) is 0.835. The molecule has 0 saturated carbocycles. The Kier molecular flexibility index (Phi) is 4.88. The lowest BCUT2D eigenvalue weighted by Crippen LogP contribution is -2.32. The molecule has 1 heterocycles. The third-order valence-electron chi connectivity index (χ3n) is 3.50. The van der Waals surface area contributed by atoms with E-state index in [0.717, 1.165) is 17.5 Å². The number of hydrogen-bond donors (Lipinski definition) is 0. The number of likely N-dealkylation sites (N-methyl/N-ethyl adjacent to an activating group) is 1. The van der Waals surface area contributed by atoms with Crippen LogP contribution in [-0.2, 0) is 11.2 Å². The van der Waals surface area contributed by atoms with Gasteiger partial charge in [0.15, 0.2) is 0 Å². The molecule has 0 aliphatic carbocycles. The standard InChI is InChI=1S/C17H20N2O/c1-14(16-8-4-3-5-9-16)17(20)19(2)12-10-15-7-6-11-18-13-15/h3-9,11,13-14H,10,12H2,1-2H3. The Morgan fingerprint density at radius 2 is 1.95 bits per heavy atom. The molecule has 3 heteroatoms. The molecule has 2 rings (SSSR count). The summed E-state index contributed by atoms with van der Waals surface area (Å²) in [6.07, 6.45) is 4.44. The highest BCUT2D eigenvalue weighted by Gasteiger charge is 2.18. The summed E-state index contributed by atoms with van der Waals surface area (Å²) in [7, 11) is 1.86. The third kappa shape index (κ3) is 3.67. The van der Waals surface area contributed by atoms with Gasteiger partial charge >= 0.3 is 0 Å². The summed E-state index contributed by atoms with van der Waals surface area (Å²) in [6.45, 7) is 2.67. The zero-order chi connectivity index (χ0) is 14.4. The van der Waals surface area contributed by atoms with Crippen LogP contribution in [0.1, 0.15) is 24.0 Å². The van der Waals surface area contributed by atoms with E-state index in [2.05, 4.69) is 4.98 Å². The molecule has 104 valence electrons. The second kappa shape index (κ2) is 6.85. The molecular formula is C17H20N2O. The van der Waals surface area contributed by atoms with Gasteiger partial charge in [0.2, 0.25) is 5.91 Å². The van der Waals surface area contributed by atoms with Crippen molar-refractivity contribution in [1.82, 2.24) is 9.88 Å². The van der Waals surface area contributed by atoms with Crippen molar-refractivity contribution in [3.05, 3.63) is 66.0 Å². The number of aromatic nitrogens is 1. The lowest BCUT2D eigenvalue weighted by Gasteiger charge is -2.21. The van der Waals surface area contributed by atoms with Crippen molar-refractivity contribution < 1.29 is 4.79 Å². The maximum Gasteiger partial charge on any atom is 0.229 e. The van der Waals surface area contributed by atoms with Crippen LogP contribution in [0.4, 0.5) is 0 Å². The van der Waals surface area contributed by atoms with Gasteiger partial charge in [0.05, 0.1) is 5.92 Å². The average molecular weight is 268 g/mol. The Hall–Kier alpha value is -2.16. The molecule has 0 saturated heterocycles. The molecule has 0 aliphatic heterocycles. The molecule has 1 aromatic carbocycles. The van der Waals surface area contributed by atoms with Crippen molar-refractivity contribution >= 4 is 5.91 Å². The van der Waals surface area contributed by atoms with Gasteiger partial charge in [-0.1, -0.05) is 36.4 Å². The Morgan fingerprint density at radius 3 is 2.60 bits per heavy atom. The van der Waals surface area contributed by atoms with Crippen LogP contribution in [0.2, 0.25) is 0 Å². The number of amides is 1. The van der Waals surface area contributed by atoms with Gasteiger partial charge in [-0.25, -0.2) is 0 Å². The maximum atomic E-state index is 12.4. The molecule has 1 amide bonds. The summed E-state index contributed by atoms with van der Waals surface area (Å²) >= 11 is 0. The minimum Gasteiger partial charge on any atom is -0.345 e. The number of hydrogen-bond acceptors (Lipinski definition) is 2. The van der Waals surface area contributed by atoms with Crippen LogP contribution in [0, 0.1) is 0 Å². The van der Waals surface area contributed by atoms with E-state index >= 15 is 0 Å². The molecule has 0 aliphatic rings. The van der Waals surface area contributed by atoms with Gasteiger partial charge in [0, 0.05) is 26.0 Å². The van der Waals surface area contributed by atoms with Crippen LogP contribution in [0.3, 0.4) is 0 Å². The van der Waals surface area contributed by atoms with Gasteiger partial charge in [-0.15, -0.1) is 0 Å². The van der Waals surface area contributed by atoms with Gasteiger partial charge in [-0.3, -0.25) is 9.78 Å². The van der Waals surface area contributed by atoms with Gasteiger partial charge in [0.25, 0.3) is 0 Å². The summed E-state index contributed by atoms with van der Waals surface area (Å²) in [5.74, 6) is 0.0511. The van der Waals surface area contributed by atoms with Crippen LogP contribution in [0.25, 0.3) is 0 Å². The van der Waals surface area contributed by atoms with E-state index < -0.39 is 0 Å². The smallest absolute Gasteiger partial charge is 0.229 e. The monoisotopic (exact) mass is 268 g/mol. The van der Waals surface area contributed by atoms with E-state index in [1.54, 1.807) is 11.1 Å². The van der Waals surface area contributed by atoms with E-state index in [9.17, 15) is 4.79 Å². The van der Waals surface area contributed by atoms with Gasteiger partial charge in [0.1, 0.15) is 0 Å². The van der Waals surface area contributed by atoms with E-state index in [4.69, 9.17) is 0 Å². The van der Waals surface area contributed by atoms with Crippen LogP contribution < -0.4 is 0 Å². The van der Waals surface area contributed by atoms with E-state index in [0.29, 0.717) is 6.54 Å². The van der Waals surface area contributed by atoms with Crippen molar-refractivity contribution in [1.29, 1.82) is 0 Å². The predicted molar refractivity (Wildman–Crippen MR) is 80.4 cm³/mol. The fourth-order valence-electron chi connectivity index (χ4n) is 2.17. The summed E-state index contributed by atoms with van der Waals surface area (Å²) in [5.41, 5.74) is 2.21. The zero-order valence-electron chi connectivity index (χ0n) is 12.0. The van der Waals surface area contributed by atoms with E-state index in [1.165, 1.54) is 0 Å². The molecule has 1 atom stereocenters. The van der Waals surface area contributed by atoms with Gasteiger partial charge in [-0.05, 0) is 30.5 Å². The van der Waals surface area contributed by atoms with Gasteiger partial charge < -0.3 is 4.90 Å². The van der Waals surface area contributed by atoms with E-state index in [1.807, 2.05) is 62.6 Å². The van der Waals surface area contributed by atoms with Crippen molar-refractivity contribution in [3.63, 3.8) is 0 Å². The highest BCUT2D eigenvalue weighted by Crippen LogP contribution is 2.17. The fourth-order valence-corrected chi connectivity index (χ4v) is 2.17. The predicted octanol–water partition coefficient (Wildman–Crippen LogP) is 2.89. The van der Waals surface area contributed by atoms with Crippen molar-refractivity contribution in [2.75, 3.05) is 13.6 Å². The van der Waals surface area contributed by atoms with E-state index in [-0.39, 0.29) is 11.8 Å². The fraction of sp³-hybridized carbons (Fsp3) is 0.294. The molecule has 0 spiro atoms. The lowest BCUT2D eigenvalue weighted by atomic mass is 10.00. The summed E-state index contributed by atoms with van der Waals surface area (Å²) < 4.78 is 0. The maximum absolute atomic E-state index is 12.4. The third-order valence-corrected chi connectivity index (χ3v) is 3.50. The first kappa shape index (κ1) is 14.3. The Morgan fingerprint density at radius 1 is 1.20 bits per heavy atom. The lowest BCUT2D eigenvalue weighted by molar-refractivity contribution is -0.131. The molecule has 1 unspecified atom stereocenters. The Bertz CT molecular complexity index is 539. The molecule has 0 N–H and O–H groups in total. The van der Waals surface area contributed by atoms with Crippen LogP contribution in [0.15, 0.2) is 54.9 Å². The molecule has 2 aromatic rings. The molecule has 0 radical (unpaired) electrons. The number of carbonyl (C=O) groups is 1. The SMILES string of the molecule is CC(C(=O)N(C)CCc1cccnc1)c1ccccc1. The normalized spacial score (nSPS) is 11.9. The average Bonchev–Trinajstić information content (AvgIpc) is 2.53. The minimum absolute atomic E-state index is 0.102. The first-order chi connectivity index (χ1) is 9.68. The molecule has 1 aromatic heterocycles. The van der Waals surface area contributed by atoms with Crippen molar-refractivity contribution in [3.8, 4) is 0 Å². The molecule has 20 heavy (non-hydrogen) atoms. The highest BCUT2D eigenvalue weighted by atomic mass is 16.2. The molecule has 3 nitrogen and oxygen atoms in total. The number of benzene rings is 1. The van der Waals surface area contributed by atoms with Crippen LogP contribution in [-0.4, -0.2) is 29.4 Å². The summed E-state index contributed by atoms with van der Waals surface area (Å²) in [4.78, 5) is 18.3. The second-order valence-electron chi connectivity index (χ2n) is 5.00. The number of pyridine rings is 1. The number of nitrogens with zero attached hydrogens (tertiary/aromatic N) is 2. The van der Waals surface area contributed by atoms with Gasteiger partial charge in [-0.2, -0.15) is 0 Å². The largest absolute Gasteiger partial charge is 0.345 e. The minimum atomic E-state index is -0.102. The van der Waals surface area contributed by atoms with Crippen molar-refractivity contribution in [2.45, 2.75) is 19.3 Å². The highest BCUT2D eigenvalue weighted by molar-refractivity contribution is 5.83. The Balaban J connectivity index is 1.92. The first-order valence-corrected chi connectivity index (χ1v) is 6.87. The second-order valence-corrected chi connectivity index (χ2v) is 5.00. The van der Waals surface area contributed by atoms with Crippen LogP contribution >= 0.6 is 0 Å². The first-order valence-electron chi connectivity index (χ1n) is 6.87. The topological polar surface area (TPSA) is 33.2 Å².